The Morgan fingerprint density at radius 2 is 0.534 bits per heavy atom. The molecule has 0 aliphatic rings. The fraction of sp³-hybridized carbons (Fsp3) is 0.687. The molecule has 0 N–H and O–H groups in total. The number of unbranched alkanes of at least 4 members (excludes halogenated alkanes) is 25. The molecule has 0 aliphatic heterocycles. The van der Waals surface area contributed by atoms with Gasteiger partial charge in [-0.3, -0.25) is 14.4 Å². The summed E-state index contributed by atoms with van der Waals surface area (Å²) in [6, 6.07) is 0. The van der Waals surface area contributed by atoms with Gasteiger partial charge in [0.05, 0.1) is 0 Å². The van der Waals surface area contributed by atoms with Crippen molar-refractivity contribution in [1.82, 2.24) is 0 Å². The summed E-state index contributed by atoms with van der Waals surface area (Å²) in [7, 11) is 0. The lowest BCUT2D eigenvalue weighted by Crippen LogP contribution is -2.30. The van der Waals surface area contributed by atoms with Crippen LogP contribution in [0, 0.1) is 0 Å². The summed E-state index contributed by atoms with van der Waals surface area (Å²) in [5.41, 5.74) is 0. The van der Waals surface area contributed by atoms with E-state index in [-0.39, 0.29) is 31.1 Å². The zero-order chi connectivity index (χ0) is 52.9. The van der Waals surface area contributed by atoms with Crippen molar-refractivity contribution in [3.63, 3.8) is 0 Å². The van der Waals surface area contributed by atoms with Gasteiger partial charge in [-0.05, 0) is 89.9 Å². The molecule has 0 radical (unpaired) electrons. The third kappa shape index (κ3) is 58.8. The number of esters is 3. The lowest BCUT2D eigenvalue weighted by Gasteiger charge is -2.18. The lowest BCUT2D eigenvalue weighted by molar-refractivity contribution is -0.167. The van der Waals surface area contributed by atoms with Crippen molar-refractivity contribution in [3.8, 4) is 0 Å². The molecule has 0 saturated carbocycles. The molecule has 0 amide bonds. The molecule has 0 aliphatic carbocycles. The highest BCUT2D eigenvalue weighted by atomic mass is 16.6. The Kier molecular flexibility index (Phi) is 57.4. The summed E-state index contributed by atoms with van der Waals surface area (Å²) in [5.74, 6) is -0.901. The first-order valence-corrected chi connectivity index (χ1v) is 30.4. The molecule has 0 saturated heterocycles. The monoisotopic (exact) mass is 1010 g/mol. The first-order valence-electron chi connectivity index (χ1n) is 30.4. The molecular formula is C67H112O6. The second-order valence-corrected chi connectivity index (χ2v) is 19.9. The number of allylic oxidation sites excluding steroid dienone is 18. The third-order valence-corrected chi connectivity index (χ3v) is 12.8. The number of rotatable bonds is 54. The summed E-state index contributed by atoms with van der Waals surface area (Å²) in [6.45, 7) is 6.49. The Morgan fingerprint density at radius 1 is 0.288 bits per heavy atom. The molecule has 0 aromatic heterocycles. The van der Waals surface area contributed by atoms with Gasteiger partial charge in [-0.1, -0.05) is 278 Å². The van der Waals surface area contributed by atoms with Gasteiger partial charge in [-0.15, -0.1) is 0 Å². The fourth-order valence-corrected chi connectivity index (χ4v) is 8.26. The van der Waals surface area contributed by atoms with Crippen LogP contribution in [0.3, 0.4) is 0 Å². The molecule has 0 aromatic rings. The van der Waals surface area contributed by atoms with Crippen LogP contribution in [-0.4, -0.2) is 37.2 Å². The van der Waals surface area contributed by atoms with E-state index in [4.69, 9.17) is 14.2 Å². The highest BCUT2D eigenvalue weighted by Gasteiger charge is 2.19. The summed E-state index contributed by atoms with van der Waals surface area (Å²) < 4.78 is 16.8. The Morgan fingerprint density at radius 3 is 0.836 bits per heavy atom. The maximum atomic E-state index is 12.8. The predicted octanol–water partition coefficient (Wildman–Crippen LogP) is 20.7. The summed E-state index contributed by atoms with van der Waals surface area (Å²) in [4.78, 5) is 38.0. The van der Waals surface area contributed by atoms with E-state index >= 15 is 0 Å². The molecular weight excluding hydrogens is 901 g/mol. The molecule has 6 heteroatoms. The van der Waals surface area contributed by atoms with Gasteiger partial charge in [0, 0.05) is 19.3 Å². The van der Waals surface area contributed by atoms with E-state index in [2.05, 4.69) is 130 Å². The third-order valence-electron chi connectivity index (χ3n) is 12.8. The van der Waals surface area contributed by atoms with Crippen LogP contribution in [0.1, 0.15) is 278 Å². The van der Waals surface area contributed by atoms with Crippen LogP contribution in [-0.2, 0) is 28.6 Å². The van der Waals surface area contributed by atoms with Crippen LogP contribution >= 0.6 is 0 Å². The molecule has 6 nitrogen and oxygen atoms in total. The van der Waals surface area contributed by atoms with Gasteiger partial charge in [0.15, 0.2) is 6.10 Å². The van der Waals surface area contributed by atoms with Crippen molar-refractivity contribution in [1.29, 1.82) is 0 Å². The highest BCUT2D eigenvalue weighted by molar-refractivity contribution is 5.71. The van der Waals surface area contributed by atoms with Gasteiger partial charge in [0.1, 0.15) is 13.2 Å². The summed E-state index contributed by atoms with van der Waals surface area (Å²) >= 11 is 0. The summed E-state index contributed by atoms with van der Waals surface area (Å²) in [5, 5.41) is 0. The zero-order valence-corrected chi connectivity index (χ0v) is 47.6. The minimum absolute atomic E-state index is 0.0813. The SMILES string of the molecule is CC/C=C\C/C=C\C/C=C\C/C=C\C/C=C\C/C=C\C/C=C\C/C=C\C/C=C\CCCCCCCC(=O)OCC(COC(=O)CCCCCCCCCC)OC(=O)CCCCCCCCCCCCCCCC. The van der Waals surface area contributed by atoms with E-state index in [0.29, 0.717) is 19.3 Å². The maximum Gasteiger partial charge on any atom is 0.306 e. The van der Waals surface area contributed by atoms with Crippen LogP contribution in [0.25, 0.3) is 0 Å². The number of hydrogen-bond donors (Lipinski definition) is 0. The standard InChI is InChI=1S/C67H112O6/c1-4-7-10-13-16-19-21-23-25-26-27-28-29-30-31-32-33-34-35-36-37-38-39-40-41-42-43-45-46-48-51-54-57-60-66(69)72-63-64(62-71-65(68)59-56-53-50-18-15-12-9-6-3)73-67(70)61-58-55-52-49-47-44-24-22-20-17-14-11-8-5-2/h7,10,16,19,23,25,27-28,30-31,33-34,36-37,39-40,42-43,64H,4-6,8-9,11-15,17-18,20-22,24,26,29,32,35,38,41,44-63H2,1-3H3/b10-7-,19-16-,25-23-,28-27-,31-30-,34-33-,37-36-,40-39-,43-42-. The van der Waals surface area contributed by atoms with Crippen molar-refractivity contribution in [2.24, 2.45) is 0 Å². The fourth-order valence-electron chi connectivity index (χ4n) is 8.26. The normalized spacial score (nSPS) is 12.9. The van der Waals surface area contributed by atoms with Crippen molar-refractivity contribution in [3.05, 3.63) is 109 Å². The molecule has 416 valence electrons. The second-order valence-electron chi connectivity index (χ2n) is 19.9. The Hall–Kier alpha value is -3.93. The van der Waals surface area contributed by atoms with Gasteiger partial charge in [-0.25, -0.2) is 0 Å². The zero-order valence-electron chi connectivity index (χ0n) is 47.6. The van der Waals surface area contributed by atoms with Crippen LogP contribution in [0.2, 0.25) is 0 Å². The molecule has 0 rings (SSSR count). The minimum atomic E-state index is -0.782. The number of carbonyl (C=O) groups excluding carboxylic acids is 3. The molecule has 0 aromatic carbocycles. The molecule has 1 unspecified atom stereocenters. The number of hydrogen-bond acceptors (Lipinski definition) is 6. The van der Waals surface area contributed by atoms with E-state index in [9.17, 15) is 14.4 Å². The number of ether oxygens (including phenoxy) is 3. The van der Waals surface area contributed by atoms with Gasteiger partial charge in [0.2, 0.25) is 0 Å². The van der Waals surface area contributed by atoms with Crippen LogP contribution in [0.5, 0.6) is 0 Å². The van der Waals surface area contributed by atoms with Crippen molar-refractivity contribution >= 4 is 17.9 Å². The van der Waals surface area contributed by atoms with Gasteiger partial charge >= 0.3 is 17.9 Å². The predicted molar refractivity (Wildman–Crippen MR) is 316 cm³/mol. The molecule has 0 bridgehead atoms. The number of carbonyl (C=O) groups is 3. The maximum absolute atomic E-state index is 12.8. The van der Waals surface area contributed by atoms with E-state index < -0.39 is 6.10 Å². The lowest BCUT2D eigenvalue weighted by atomic mass is 10.0. The van der Waals surface area contributed by atoms with E-state index in [1.54, 1.807) is 0 Å². The Labute approximate surface area is 450 Å². The van der Waals surface area contributed by atoms with E-state index in [1.165, 1.54) is 103 Å². The first-order chi connectivity index (χ1) is 36.0. The molecule has 1 atom stereocenters. The van der Waals surface area contributed by atoms with Crippen molar-refractivity contribution in [2.45, 2.75) is 284 Å². The van der Waals surface area contributed by atoms with Gasteiger partial charge in [-0.2, -0.15) is 0 Å². The van der Waals surface area contributed by atoms with Gasteiger partial charge in [0.25, 0.3) is 0 Å². The molecule has 0 spiro atoms. The largest absolute Gasteiger partial charge is 0.462 e. The van der Waals surface area contributed by atoms with E-state index in [1.807, 2.05) is 0 Å². The van der Waals surface area contributed by atoms with Crippen molar-refractivity contribution in [2.75, 3.05) is 13.2 Å². The van der Waals surface area contributed by atoms with Crippen LogP contribution < -0.4 is 0 Å². The average molecular weight is 1010 g/mol. The van der Waals surface area contributed by atoms with Crippen LogP contribution in [0.4, 0.5) is 0 Å². The minimum Gasteiger partial charge on any atom is -0.462 e. The Balaban J connectivity index is 4.20. The average Bonchev–Trinajstić information content (AvgIpc) is 3.39. The highest BCUT2D eigenvalue weighted by Crippen LogP contribution is 2.15. The topological polar surface area (TPSA) is 78.9 Å². The smallest absolute Gasteiger partial charge is 0.306 e. The first kappa shape index (κ1) is 69.1. The summed E-state index contributed by atoms with van der Waals surface area (Å²) in [6.07, 6.45) is 82.5. The van der Waals surface area contributed by atoms with Crippen LogP contribution in [0.15, 0.2) is 109 Å². The molecule has 73 heavy (non-hydrogen) atoms. The Bertz CT molecular complexity index is 1490. The van der Waals surface area contributed by atoms with Crippen molar-refractivity contribution < 1.29 is 28.6 Å². The quantitative estimate of drug-likeness (QED) is 0.0261. The second kappa shape index (κ2) is 60.6. The molecule has 0 fully saturated rings. The van der Waals surface area contributed by atoms with Gasteiger partial charge < -0.3 is 14.2 Å². The van der Waals surface area contributed by atoms with E-state index in [0.717, 1.165) is 135 Å². The molecule has 0 heterocycles.